The zero-order valence-corrected chi connectivity index (χ0v) is 17.2. The van der Waals surface area contributed by atoms with E-state index in [2.05, 4.69) is 5.10 Å². The molecule has 0 radical (unpaired) electrons. The van der Waals surface area contributed by atoms with Crippen molar-refractivity contribution in [3.8, 4) is 0 Å². The Hall–Kier alpha value is -3.93. The summed E-state index contributed by atoms with van der Waals surface area (Å²) in [4.78, 5) is 26.6. The van der Waals surface area contributed by atoms with Crippen molar-refractivity contribution in [1.82, 2.24) is 18.7 Å². The van der Waals surface area contributed by atoms with Crippen LogP contribution < -0.4 is 11.2 Å². The molecule has 0 N–H and O–H groups in total. The summed E-state index contributed by atoms with van der Waals surface area (Å²) in [5.41, 5.74) is 3.45. The molecule has 31 heavy (non-hydrogen) atoms. The lowest BCUT2D eigenvalue weighted by Gasteiger charge is -2.09. The van der Waals surface area contributed by atoms with Gasteiger partial charge in [-0.15, -0.1) is 5.10 Å². The van der Waals surface area contributed by atoms with Gasteiger partial charge in [-0.25, -0.2) is 13.9 Å². The molecule has 5 aromatic rings. The van der Waals surface area contributed by atoms with Crippen LogP contribution in [0.25, 0.3) is 16.7 Å². The van der Waals surface area contributed by atoms with E-state index in [1.807, 2.05) is 73.7 Å². The zero-order chi connectivity index (χ0) is 21.4. The second-order valence-corrected chi connectivity index (χ2v) is 7.77. The van der Waals surface area contributed by atoms with E-state index in [1.165, 1.54) is 4.68 Å². The maximum absolute atomic E-state index is 13.3. The van der Waals surface area contributed by atoms with E-state index in [1.54, 1.807) is 21.1 Å². The predicted octanol–water partition coefficient (Wildman–Crippen LogP) is 3.41. The molecule has 0 aliphatic rings. The van der Waals surface area contributed by atoms with E-state index in [9.17, 15) is 9.59 Å². The van der Waals surface area contributed by atoms with E-state index in [0.29, 0.717) is 36.2 Å². The predicted molar refractivity (Wildman–Crippen MR) is 122 cm³/mol. The molecular weight excluding hydrogens is 388 g/mol. The first kappa shape index (κ1) is 19.1. The van der Waals surface area contributed by atoms with Crippen molar-refractivity contribution >= 4 is 16.7 Å². The molecule has 3 aromatic carbocycles. The SMILES string of the molecule is Cc1cccc(Cn2nc3n(CCc4ccccc4)c(=O)c4ccccc4n3c2=O)c1. The van der Waals surface area contributed by atoms with Gasteiger partial charge in [0.2, 0.25) is 5.78 Å². The Balaban J connectivity index is 1.68. The summed E-state index contributed by atoms with van der Waals surface area (Å²) in [5, 5.41) is 5.10. The van der Waals surface area contributed by atoms with Gasteiger partial charge in [0.1, 0.15) is 0 Å². The molecule has 0 saturated carbocycles. The summed E-state index contributed by atoms with van der Waals surface area (Å²) in [6.07, 6.45) is 0.674. The first-order valence-corrected chi connectivity index (χ1v) is 10.3. The maximum atomic E-state index is 13.3. The number of hydrogen-bond donors (Lipinski definition) is 0. The molecule has 0 aliphatic heterocycles. The molecule has 2 heterocycles. The molecular formula is C25H22N4O2. The highest BCUT2D eigenvalue weighted by Gasteiger charge is 2.17. The molecule has 0 spiro atoms. The van der Waals surface area contributed by atoms with Gasteiger partial charge in [-0.1, -0.05) is 72.3 Å². The lowest BCUT2D eigenvalue weighted by Crippen LogP contribution is -2.27. The third kappa shape index (κ3) is 3.46. The minimum Gasteiger partial charge on any atom is -0.276 e. The third-order valence-corrected chi connectivity index (χ3v) is 5.57. The first-order valence-electron chi connectivity index (χ1n) is 10.3. The van der Waals surface area contributed by atoms with Crippen LogP contribution in [0.15, 0.2) is 88.5 Å². The van der Waals surface area contributed by atoms with Crippen LogP contribution in [0.5, 0.6) is 0 Å². The molecule has 2 aromatic heterocycles. The summed E-state index contributed by atoms with van der Waals surface area (Å²) in [7, 11) is 0. The number of aromatic nitrogens is 4. The summed E-state index contributed by atoms with van der Waals surface area (Å²) < 4.78 is 4.61. The highest BCUT2D eigenvalue weighted by Crippen LogP contribution is 2.13. The van der Waals surface area contributed by atoms with Crippen LogP contribution in [0.1, 0.15) is 16.7 Å². The average Bonchev–Trinajstić information content (AvgIpc) is 3.10. The lowest BCUT2D eigenvalue weighted by atomic mass is 10.1. The number of aryl methyl sites for hydroxylation is 3. The smallest absolute Gasteiger partial charge is 0.276 e. The molecule has 0 unspecified atom stereocenters. The monoisotopic (exact) mass is 410 g/mol. The number of rotatable bonds is 5. The topological polar surface area (TPSA) is 61.3 Å². The number of nitrogens with zero attached hydrogens (tertiary/aromatic N) is 4. The first-order chi connectivity index (χ1) is 15.1. The highest BCUT2D eigenvalue weighted by atomic mass is 16.2. The molecule has 5 rings (SSSR count). The molecule has 0 atom stereocenters. The van der Waals surface area contributed by atoms with Gasteiger partial charge < -0.3 is 0 Å². The van der Waals surface area contributed by atoms with E-state index in [-0.39, 0.29) is 11.2 Å². The van der Waals surface area contributed by atoms with Crippen molar-refractivity contribution in [3.63, 3.8) is 0 Å². The van der Waals surface area contributed by atoms with E-state index < -0.39 is 0 Å². The molecule has 0 aliphatic carbocycles. The van der Waals surface area contributed by atoms with Gasteiger partial charge in [0.05, 0.1) is 17.4 Å². The van der Waals surface area contributed by atoms with Crippen LogP contribution in [0, 0.1) is 6.92 Å². The minimum absolute atomic E-state index is 0.133. The van der Waals surface area contributed by atoms with Gasteiger partial charge in [0, 0.05) is 6.54 Å². The van der Waals surface area contributed by atoms with Gasteiger partial charge in [-0.05, 0) is 36.6 Å². The normalized spacial score (nSPS) is 11.4. The summed E-state index contributed by atoms with van der Waals surface area (Å²) in [6.45, 7) is 2.81. The largest absolute Gasteiger partial charge is 0.352 e. The number of fused-ring (bicyclic) bond motifs is 3. The van der Waals surface area contributed by atoms with Crippen LogP contribution in [0.2, 0.25) is 0 Å². The number of benzene rings is 3. The molecule has 6 heteroatoms. The fourth-order valence-corrected chi connectivity index (χ4v) is 4.04. The maximum Gasteiger partial charge on any atom is 0.352 e. The second kappa shape index (κ2) is 7.72. The second-order valence-electron chi connectivity index (χ2n) is 7.77. The Morgan fingerprint density at radius 2 is 1.58 bits per heavy atom. The van der Waals surface area contributed by atoms with Gasteiger partial charge in [0.15, 0.2) is 0 Å². The minimum atomic E-state index is -0.249. The van der Waals surface area contributed by atoms with Crippen LogP contribution in [-0.2, 0) is 19.5 Å². The fourth-order valence-electron chi connectivity index (χ4n) is 4.04. The van der Waals surface area contributed by atoms with Crippen molar-refractivity contribution in [3.05, 3.63) is 116 Å². The zero-order valence-electron chi connectivity index (χ0n) is 17.2. The Morgan fingerprint density at radius 3 is 2.39 bits per heavy atom. The van der Waals surface area contributed by atoms with Crippen LogP contribution in [0.4, 0.5) is 0 Å². The van der Waals surface area contributed by atoms with Crippen molar-refractivity contribution < 1.29 is 0 Å². The van der Waals surface area contributed by atoms with Crippen molar-refractivity contribution in [1.29, 1.82) is 0 Å². The summed E-state index contributed by atoms with van der Waals surface area (Å²) in [6, 6.07) is 25.2. The molecule has 0 saturated heterocycles. The molecule has 6 nitrogen and oxygen atoms in total. The Kier molecular flexibility index (Phi) is 4.75. The van der Waals surface area contributed by atoms with Gasteiger partial charge >= 0.3 is 5.69 Å². The number of hydrogen-bond acceptors (Lipinski definition) is 3. The van der Waals surface area contributed by atoms with Crippen molar-refractivity contribution in [2.45, 2.75) is 26.4 Å². The van der Waals surface area contributed by atoms with E-state index >= 15 is 0 Å². The third-order valence-electron chi connectivity index (χ3n) is 5.57. The molecule has 0 bridgehead atoms. The summed E-state index contributed by atoms with van der Waals surface area (Å²) in [5.74, 6) is 0.372. The van der Waals surface area contributed by atoms with Crippen LogP contribution in [-0.4, -0.2) is 18.7 Å². The Morgan fingerprint density at radius 1 is 0.839 bits per heavy atom. The molecule has 0 fully saturated rings. The van der Waals surface area contributed by atoms with Crippen LogP contribution in [0.3, 0.4) is 0 Å². The highest BCUT2D eigenvalue weighted by molar-refractivity contribution is 5.80. The number of para-hydroxylation sites is 1. The average molecular weight is 410 g/mol. The van der Waals surface area contributed by atoms with E-state index in [0.717, 1.165) is 16.7 Å². The van der Waals surface area contributed by atoms with Gasteiger partial charge in [-0.2, -0.15) is 0 Å². The van der Waals surface area contributed by atoms with Gasteiger partial charge in [0.25, 0.3) is 5.56 Å². The molecule has 0 amide bonds. The van der Waals surface area contributed by atoms with Crippen LogP contribution >= 0.6 is 0 Å². The Labute approximate surface area is 178 Å². The van der Waals surface area contributed by atoms with E-state index in [4.69, 9.17) is 0 Å². The van der Waals surface area contributed by atoms with Crippen molar-refractivity contribution in [2.75, 3.05) is 0 Å². The van der Waals surface area contributed by atoms with Crippen molar-refractivity contribution in [2.24, 2.45) is 0 Å². The summed E-state index contributed by atoms with van der Waals surface area (Å²) >= 11 is 0. The fraction of sp³-hybridized carbons (Fsp3) is 0.160. The lowest BCUT2D eigenvalue weighted by molar-refractivity contribution is 0.644. The molecule has 154 valence electrons. The Bertz CT molecular complexity index is 1510. The quantitative estimate of drug-likeness (QED) is 0.446. The van der Waals surface area contributed by atoms with Gasteiger partial charge in [-0.3, -0.25) is 9.36 Å². The standard InChI is InChI=1S/C25H22N4O2/c1-18-8-7-11-20(16-18)17-28-25(31)29-22-13-6-5-12-21(22)23(30)27(24(29)26-28)15-14-19-9-3-2-4-10-19/h2-13,16H,14-15,17H2,1H3.